The third-order valence-electron chi connectivity index (χ3n) is 4.94. The summed E-state index contributed by atoms with van der Waals surface area (Å²) in [4.78, 5) is 11.2. The van der Waals surface area contributed by atoms with Gasteiger partial charge >= 0.3 is 5.97 Å². The largest absolute Gasteiger partial charge is 0.507 e. The molecule has 3 heteroatoms. The van der Waals surface area contributed by atoms with E-state index in [1.54, 1.807) is 13.0 Å². The highest BCUT2D eigenvalue weighted by atomic mass is 16.4. The minimum Gasteiger partial charge on any atom is -0.507 e. The number of aliphatic carboxylic acids is 1. The van der Waals surface area contributed by atoms with Crippen LogP contribution < -0.4 is 0 Å². The minimum absolute atomic E-state index is 0.181. The van der Waals surface area contributed by atoms with Crippen molar-refractivity contribution >= 4 is 12.0 Å². The number of hydrogen-bond donors (Lipinski definition) is 2. The van der Waals surface area contributed by atoms with Gasteiger partial charge in [0.05, 0.1) is 0 Å². The SMILES string of the molecule is CC(=Cc1ccccc1Cc1cc(C(C)(C)C)c(O)c(C(C)(C)C)c1)C(=O)O. The van der Waals surface area contributed by atoms with Crippen molar-refractivity contribution < 1.29 is 15.0 Å². The van der Waals surface area contributed by atoms with Crippen LogP contribution in [0.3, 0.4) is 0 Å². The van der Waals surface area contributed by atoms with Crippen LogP contribution in [0.15, 0.2) is 42.0 Å². The van der Waals surface area contributed by atoms with E-state index in [0.29, 0.717) is 17.7 Å². The Kier molecular flexibility index (Phi) is 6.08. The molecule has 2 aromatic rings. The van der Waals surface area contributed by atoms with Crippen molar-refractivity contribution in [2.24, 2.45) is 0 Å². The number of carboxylic acids is 1. The van der Waals surface area contributed by atoms with Crippen LogP contribution >= 0.6 is 0 Å². The lowest BCUT2D eigenvalue weighted by atomic mass is 9.78. The summed E-state index contributed by atoms with van der Waals surface area (Å²) in [6.45, 7) is 14.2. The van der Waals surface area contributed by atoms with Crippen LogP contribution in [-0.2, 0) is 22.0 Å². The molecule has 150 valence electrons. The highest BCUT2D eigenvalue weighted by molar-refractivity contribution is 5.91. The maximum absolute atomic E-state index is 11.2. The average molecular weight is 381 g/mol. The normalized spacial score (nSPS) is 12.9. The first kappa shape index (κ1) is 21.7. The van der Waals surface area contributed by atoms with E-state index in [0.717, 1.165) is 27.8 Å². The molecule has 0 radical (unpaired) electrons. The second-order valence-corrected chi connectivity index (χ2v) is 9.55. The fourth-order valence-corrected chi connectivity index (χ4v) is 3.29. The molecule has 28 heavy (non-hydrogen) atoms. The van der Waals surface area contributed by atoms with Crippen molar-refractivity contribution in [2.75, 3.05) is 0 Å². The molecule has 0 fully saturated rings. The summed E-state index contributed by atoms with van der Waals surface area (Å²) < 4.78 is 0. The van der Waals surface area contributed by atoms with Gasteiger partial charge in [0.15, 0.2) is 0 Å². The predicted molar refractivity (Wildman–Crippen MR) is 116 cm³/mol. The molecule has 2 rings (SSSR count). The average Bonchev–Trinajstić information content (AvgIpc) is 2.55. The molecule has 0 saturated carbocycles. The Morgan fingerprint density at radius 2 is 1.46 bits per heavy atom. The first-order chi connectivity index (χ1) is 12.8. The van der Waals surface area contributed by atoms with Gasteiger partial charge < -0.3 is 10.2 Å². The minimum atomic E-state index is -0.913. The lowest BCUT2D eigenvalue weighted by Crippen LogP contribution is -2.18. The summed E-state index contributed by atoms with van der Waals surface area (Å²) in [5, 5.41) is 20.1. The fraction of sp³-hybridized carbons (Fsp3) is 0.400. The van der Waals surface area contributed by atoms with Crippen LogP contribution in [0.1, 0.15) is 76.3 Å². The number of phenolic OH excluding ortho intramolecular Hbond substituents is 1. The summed E-state index contributed by atoms with van der Waals surface area (Å²) in [6.07, 6.45) is 2.39. The van der Waals surface area contributed by atoms with Gasteiger partial charge in [-0.2, -0.15) is 0 Å². The second-order valence-electron chi connectivity index (χ2n) is 9.55. The quantitative estimate of drug-likeness (QED) is 0.633. The molecule has 2 aromatic carbocycles. The van der Waals surface area contributed by atoms with Gasteiger partial charge in [-0.15, -0.1) is 0 Å². The molecule has 0 unspecified atom stereocenters. The first-order valence-electron chi connectivity index (χ1n) is 9.67. The number of carboxylic acid groups (broad SMARTS) is 1. The maximum atomic E-state index is 11.2. The molecule has 3 nitrogen and oxygen atoms in total. The highest BCUT2D eigenvalue weighted by Gasteiger charge is 2.26. The van der Waals surface area contributed by atoms with Crippen molar-refractivity contribution in [1.29, 1.82) is 0 Å². The molecular weight excluding hydrogens is 348 g/mol. The van der Waals surface area contributed by atoms with Crippen molar-refractivity contribution in [3.63, 3.8) is 0 Å². The predicted octanol–water partition coefficient (Wildman–Crippen LogP) is 6.07. The van der Waals surface area contributed by atoms with E-state index in [2.05, 4.69) is 53.7 Å². The first-order valence-corrected chi connectivity index (χ1v) is 9.67. The molecule has 2 N–H and O–H groups in total. The smallest absolute Gasteiger partial charge is 0.331 e. The van der Waals surface area contributed by atoms with Crippen LogP contribution in [0.2, 0.25) is 0 Å². The molecule has 0 spiro atoms. The highest BCUT2D eigenvalue weighted by Crippen LogP contribution is 2.40. The number of rotatable bonds is 4. The number of aromatic hydroxyl groups is 1. The zero-order valence-corrected chi connectivity index (χ0v) is 18.1. The molecule has 0 aliphatic heterocycles. The molecule has 0 heterocycles. The van der Waals surface area contributed by atoms with Crippen LogP contribution in [0.5, 0.6) is 5.75 Å². The lowest BCUT2D eigenvalue weighted by Gasteiger charge is -2.28. The van der Waals surface area contributed by atoms with Crippen molar-refractivity contribution in [2.45, 2.75) is 65.7 Å². The lowest BCUT2D eigenvalue weighted by molar-refractivity contribution is -0.132. The third-order valence-corrected chi connectivity index (χ3v) is 4.94. The second kappa shape index (κ2) is 7.83. The summed E-state index contributed by atoms with van der Waals surface area (Å²) in [7, 11) is 0. The maximum Gasteiger partial charge on any atom is 0.331 e. The van der Waals surface area contributed by atoms with Gasteiger partial charge in [-0.3, -0.25) is 0 Å². The van der Waals surface area contributed by atoms with Gasteiger partial charge in [-0.1, -0.05) is 77.9 Å². The van der Waals surface area contributed by atoms with E-state index in [4.69, 9.17) is 0 Å². The summed E-state index contributed by atoms with van der Waals surface area (Å²) in [6, 6.07) is 12.0. The molecule has 0 amide bonds. The molecule has 0 aliphatic rings. The Bertz CT molecular complexity index is 871. The zero-order valence-electron chi connectivity index (χ0n) is 18.1. The molecular formula is C25H32O3. The monoisotopic (exact) mass is 380 g/mol. The number of benzene rings is 2. The fourth-order valence-electron chi connectivity index (χ4n) is 3.29. The Morgan fingerprint density at radius 1 is 0.964 bits per heavy atom. The van der Waals surface area contributed by atoms with E-state index in [1.807, 2.05) is 24.3 Å². The molecule has 0 aromatic heterocycles. The summed E-state index contributed by atoms with van der Waals surface area (Å²) in [5.41, 5.74) is 4.90. The van der Waals surface area contributed by atoms with Gasteiger partial charge in [-0.05, 0) is 58.1 Å². The zero-order chi connectivity index (χ0) is 21.3. The Hall–Kier alpha value is -2.55. The number of carbonyl (C=O) groups is 1. The molecule has 0 bridgehead atoms. The van der Waals surface area contributed by atoms with E-state index < -0.39 is 5.97 Å². The van der Waals surface area contributed by atoms with E-state index in [-0.39, 0.29) is 10.8 Å². The van der Waals surface area contributed by atoms with Crippen molar-refractivity contribution in [1.82, 2.24) is 0 Å². The standard InChI is InChI=1S/C25H32O3/c1-16(23(27)28)12-18-10-8-9-11-19(18)13-17-14-20(24(2,3)4)22(26)21(15-17)25(5,6)7/h8-12,14-15,26H,13H2,1-7H3,(H,27,28). The molecule has 0 atom stereocenters. The molecule has 0 aliphatic carbocycles. The van der Waals surface area contributed by atoms with Gasteiger partial charge in [0.25, 0.3) is 0 Å². The van der Waals surface area contributed by atoms with Crippen LogP contribution in [0.4, 0.5) is 0 Å². The molecule has 0 saturated heterocycles. The van der Waals surface area contributed by atoms with E-state index in [9.17, 15) is 15.0 Å². The van der Waals surface area contributed by atoms with Gasteiger partial charge in [0.1, 0.15) is 5.75 Å². The summed E-state index contributed by atoms with van der Waals surface area (Å²) >= 11 is 0. The van der Waals surface area contributed by atoms with Crippen molar-refractivity contribution in [3.8, 4) is 5.75 Å². The van der Waals surface area contributed by atoms with E-state index in [1.165, 1.54) is 0 Å². The van der Waals surface area contributed by atoms with Gasteiger partial charge in [0.2, 0.25) is 0 Å². The Balaban J connectivity index is 2.60. The Labute approximate surface area is 168 Å². The number of hydrogen-bond acceptors (Lipinski definition) is 2. The van der Waals surface area contributed by atoms with Crippen LogP contribution in [-0.4, -0.2) is 16.2 Å². The topological polar surface area (TPSA) is 57.5 Å². The summed E-state index contributed by atoms with van der Waals surface area (Å²) in [5.74, 6) is -0.539. The van der Waals surface area contributed by atoms with Gasteiger partial charge in [0, 0.05) is 5.57 Å². The third kappa shape index (κ3) is 5.03. The van der Waals surface area contributed by atoms with Crippen LogP contribution in [0.25, 0.3) is 6.08 Å². The van der Waals surface area contributed by atoms with E-state index >= 15 is 0 Å². The van der Waals surface area contributed by atoms with Crippen molar-refractivity contribution in [3.05, 3.63) is 69.8 Å². The number of phenols is 1. The van der Waals surface area contributed by atoms with Crippen LogP contribution in [0, 0.1) is 0 Å². The van der Waals surface area contributed by atoms with Gasteiger partial charge in [-0.25, -0.2) is 4.79 Å². The Morgan fingerprint density at radius 3 is 1.93 bits per heavy atom.